The largest absolute Gasteiger partial charge is 0.354 e. The lowest BCUT2D eigenvalue weighted by Crippen LogP contribution is -2.47. The molecule has 4 fully saturated rings. The highest BCUT2D eigenvalue weighted by Gasteiger charge is 2.30. The molecule has 4 aliphatic rings. The highest BCUT2D eigenvalue weighted by atomic mass is 79.9. The van der Waals surface area contributed by atoms with E-state index in [1.54, 1.807) is 4.90 Å². The van der Waals surface area contributed by atoms with Gasteiger partial charge >= 0.3 is 0 Å². The van der Waals surface area contributed by atoms with Gasteiger partial charge < -0.3 is 36.0 Å². The molecular formula is C49H64B3Br2N7O6. The zero-order valence-corrected chi connectivity index (χ0v) is 42.1. The second-order valence-electron chi connectivity index (χ2n) is 17.0. The van der Waals surface area contributed by atoms with Crippen LogP contribution in [0.2, 0.25) is 0 Å². The van der Waals surface area contributed by atoms with Gasteiger partial charge in [0.05, 0.1) is 6.04 Å². The van der Waals surface area contributed by atoms with Crippen LogP contribution in [-0.4, -0.2) is 110 Å². The number of amides is 6. The molecule has 18 heteroatoms. The molecule has 354 valence electrons. The SMILES string of the molecule is CCNC1CCCCN(c2ccc(Br)cc2)C1=O.[B]C(=O)NC1CCCCN(c2ccc(Br)cc2)C1=O.[B]C(=O)NC1CCCCNC1=O.[B]c1ccc(N2CCCCC(CCC)C2=O)cc1. The molecule has 0 bridgehead atoms. The predicted molar refractivity (Wildman–Crippen MR) is 278 cm³/mol. The van der Waals surface area contributed by atoms with Crippen LogP contribution in [0.3, 0.4) is 0 Å². The maximum atomic E-state index is 12.5. The molecular weight excluding hydrogens is 975 g/mol. The number of anilines is 3. The molecule has 4 N–H and O–H groups in total. The summed E-state index contributed by atoms with van der Waals surface area (Å²) in [7, 11) is 15.7. The van der Waals surface area contributed by atoms with Gasteiger partial charge in [-0.3, -0.25) is 28.8 Å². The zero-order valence-electron chi connectivity index (χ0n) is 39.0. The number of nitrogens with zero attached hydrogens (tertiary/aromatic N) is 3. The standard InChI is InChI=1S/C15H20BNO.C14H19BrN2O.C13H14BBrN2O2.C7H11BN2O2/c1-2-5-12-6-3-4-11-17(15(12)18)14-9-7-13(16)8-10-14;1-2-16-13-5-3-4-10-17(14(13)18)12-8-6-11(15)7-9-12;14-13(19)16-11-3-1-2-8-17(12(11)18)10-6-4-9(15)5-7-10;8-7(12)10-5-3-1-2-4-9-6(5)11/h7-10,12H,2-6,11H2,1H3;6-9,13,16H,2-5,10H2,1H3;4-7,11H,1-3,8H2,(H,16,19);5H,1-4H2,(H,9,11)(H,10,12). The molecule has 7 rings (SSSR count). The summed E-state index contributed by atoms with van der Waals surface area (Å²) < 4.78 is 2.00. The number of benzene rings is 3. The van der Waals surface area contributed by atoms with Gasteiger partial charge in [0, 0.05) is 58.1 Å². The first-order valence-corrected chi connectivity index (χ1v) is 25.2. The highest BCUT2D eigenvalue weighted by molar-refractivity contribution is 9.10. The van der Waals surface area contributed by atoms with Gasteiger partial charge in [-0.1, -0.05) is 76.1 Å². The van der Waals surface area contributed by atoms with Gasteiger partial charge in [0.25, 0.3) is 0 Å². The van der Waals surface area contributed by atoms with E-state index >= 15 is 0 Å². The summed E-state index contributed by atoms with van der Waals surface area (Å²) in [6, 6.07) is 22.1. The van der Waals surface area contributed by atoms with E-state index < -0.39 is 23.7 Å². The first kappa shape index (κ1) is 55.2. The van der Waals surface area contributed by atoms with Crippen LogP contribution >= 0.6 is 31.9 Å². The van der Waals surface area contributed by atoms with E-state index in [4.69, 9.17) is 23.5 Å². The number of nitrogens with one attached hydrogen (secondary N) is 4. The Morgan fingerprint density at radius 3 is 1.49 bits per heavy atom. The van der Waals surface area contributed by atoms with Crippen molar-refractivity contribution in [1.29, 1.82) is 0 Å². The summed E-state index contributed by atoms with van der Waals surface area (Å²) in [5, 5.41) is 10.9. The monoisotopic (exact) mass is 1040 g/mol. The van der Waals surface area contributed by atoms with Crippen molar-refractivity contribution >= 4 is 113 Å². The lowest BCUT2D eigenvalue weighted by Gasteiger charge is -2.25. The summed E-state index contributed by atoms with van der Waals surface area (Å²) in [6.45, 7) is 8.04. The van der Waals surface area contributed by atoms with Crippen LogP contribution in [0.4, 0.5) is 26.7 Å². The van der Waals surface area contributed by atoms with Gasteiger partial charge in [-0.2, -0.15) is 0 Å². The van der Waals surface area contributed by atoms with E-state index in [1.807, 2.05) is 89.5 Å². The third-order valence-corrected chi connectivity index (χ3v) is 13.0. The molecule has 6 amide bonds. The maximum absolute atomic E-state index is 12.5. The lowest BCUT2D eigenvalue weighted by molar-refractivity contribution is -0.123. The van der Waals surface area contributed by atoms with Crippen LogP contribution in [0.25, 0.3) is 0 Å². The van der Waals surface area contributed by atoms with E-state index in [9.17, 15) is 28.8 Å². The van der Waals surface area contributed by atoms with Gasteiger partial charge in [-0.15, -0.1) is 0 Å². The van der Waals surface area contributed by atoms with E-state index in [0.717, 1.165) is 128 Å². The van der Waals surface area contributed by atoms with Crippen molar-refractivity contribution in [3.8, 4) is 0 Å². The number of halogens is 2. The van der Waals surface area contributed by atoms with Crippen molar-refractivity contribution in [2.45, 2.75) is 122 Å². The molecule has 3 aromatic rings. The summed E-state index contributed by atoms with van der Waals surface area (Å²) in [6.07, 6.45) is 13.5. The molecule has 13 nitrogen and oxygen atoms in total. The first-order chi connectivity index (χ1) is 32.2. The summed E-state index contributed by atoms with van der Waals surface area (Å²) in [5.41, 5.74) is 3.56. The number of hydrogen-bond donors (Lipinski definition) is 4. The summed E-state index contributed by atoms with van der Waals surface area (Å²) in [5.74, 6) is -0.830. The predicted octanol–water partition coefficient (Wildman–Crippen LogP) is 7.10. The Hall–Kier alpha value is -4.41. The Morgan fingerprint density at radius 2 is 1.00 bits per heavy atom. The average Bonchev–Trinajstić information content (AvgIpc) is 3.78. The van der Waals surface area contributed by atoms with Crippen LogP contribution < -0.4 is 41.4 Å². The third-order valence-electron chi connectivity index (χ3n) is 11.9. The highest BCUT2D eigenvalue weighted by Crippen LogP contribution is 2.27. The van der Waals surface area contributed by atoms with Gasteiger partial charge in [-0.05, 0) is 144 Å². The Balaban J connectivity index is 0.000000197. The Labute approximate surface area is 417 Å². The minimum atomic E-state index is -0.656. The van der Waals surface area contributed by atoms with E-state index in [2.05, 4.69) is 60.1 Å². The van der Waals surface area contributed by atoms with Crippen molar-refractivity contribution in [2.24, 2.45) is 5.92 Å². The van der Waals surface area contributed by atoms with Crippen molar-refractivity contribution < 1.29 is 28.8 Å². The van der Waals surface area contributed by atoms with Crippen LogP contribution in [0.5, 0.6) is 0 Å². The van der Waals surface area contributed by atoms with Crippen molar-refractivity contribution in [1.82, 2.24) is 21.3 Å². The second kappa shape index (κ2) is 29.5. The summed E-state index contributed by atoms with van der Waals surface area (Å²) in [4.78, 5) is 75.5. The van der Waals surface area contributed by atoms with E-state index in [0.29, 0.717) is 31.8 Å². The summed E-state index contributed by atoms with van der Waals surface area (Å²) >= 11 is 6.79. The zero-order chi connectivity index (χ0) is 48.7. The van der Waals surface area contributed by atoms with Crippen LogP contribution in [0.15, 0.2) is 81.7 Å². The van der Waals surface area contributed by atoms with Gasteiger partial charge in [0.2, 0.25) is 39.3 Å². The fourth-order valence-corrected chi connectivity index (χ4v) is 9.00. The van der Waals surface area contributed by atoms with E-state index in [1.165, 1.54) is 0 Å². The van der Waals surface area contributed by atoms with Gasteiger partial charge in [-0.25, -0.2) is 0 Å². The number of likely N-dealkylation sites (N-methyl/N-ethyl adjacent to an activating group) is 1. The second-order valence-corrected chi connectivity index (χ2v) is 18.8. The van der Waals surface area contributed by atoms with Gasteiger partial charge in [0.15, 0.2) is 11.6 Å². The molecule has 4 unspecified atom stereocenters. The molecule has 0 spiro atoms. The smallest absolute Gasteiger partial charge is 0.249 e. The van der Waals surface area contributed by atoms with Gasteiger partial charge in [0.1, 0.15) is 19.9 Å². The number of rotatable bonds is 9. The van der Waals surface area contributed by atoms with Crippen LogP contribution in [-0.2, 0) is 19.2 Å². The maximum Gasteiger partial charge on any atom is 0.249 e. The Bertz CT molecular complexity index is 1970. The number of carbonyl (C=O) groups is 6. The number of hydrogen-bond acceptors (Lipinski definition) is 7. The van der Waals surface area contributed by atoms with Crippen molar-refractivity contribution in [3.05, 3.63) is 81.7 Å². The molecule has 0 aliphatic carbocycles. The minimum absolute atomic E-state index is 0.0267. The first-order valence-electron chi connectivity index (χ1n) is 23.7. The van der Waals surface area contributed by atoms with Crippen LogP contribution in [0.1, 0.15) is 104 Å². The molecule has 3 aromatic carbocycles. The topological polar surface area (TPSA) is 160 Å². The average molecular weight is 1040 g/mol. The molecule has 4 aliphatic heterocycles. The number of carbonyl (C=O) groups excluding carboxylic acids is 6. The molecule has 0 saturated carbocycles. The molecule has 4 heterocycles. The van der Waals surface area contributed by atoms with Crippen molar-refractivity contribution in [3.63, 3.8) is 0 Å². The van der Waals surface area contributed by atoms with Crippen molar-refractivity contribution in [2.75, 3.05) is 47.4 Å². The molecule has 0 aromatic heterocycles. The molecule has 6 radical (unpaired) electrons. The fourth-order valence-electron chi connectivity index (χ4n) is 8.47. The molecule has 4 atom stereocenters. The third kappa shape index (κ3) is 18.5. The Morgan fingerprint density at radius 1 is 0.582 bits per heavy atom. The molecule has 67 heavy (non-hydrogen) atoms. The lowest BCUT2D eigenvalue weighted by atomic mass is 9.95. The fraction of sp³-hybridized carbons (Fsp3) is 0.510. The quantitative estimate of drug-likeness (QED) is 0.167. The van der Waals surface area contributed by atoms with E-state index in [-0.39, 0.29) is 29.7 Å². The normalized spacial score (nSPS) is 21.2. The molecule has 4 saturated heterocycles. The minimum Gasteiger partial charge on any atom is -0.354 e. The Kier molecular flexibility index (Phi) is 24.3. The van der Waals surface area contributed by atoms with Crippen LogP contribution in [0, 0.1) is 5.92 Å².